The maximum Gasteiger partial charge on any atom is 0.217 e. The van der Waals surface area contributed by atoms with Crippen molar-refractivity contribution < 1.29 is 9.13 Å². The van der Waals surface area contributed by atoms with Gasteiger partial charge in [-0.1, -0.05) is 6.42 Å². The number of rotatable bonds is 7. The van der Waals surface area contributed by atoms with Crippen molar-refractivity contribution in [1.29, 1.82) is 0 Å². The Morgan fingerprint density at radius 3 is 2.52 bits per heavy atom. The number of likely N-dealkylation sites (tertiary alicyclic amines) is 1. The van der Waals surface area contributed by atoms with Crippen LogP contribution in [0, 0.1) is 12.7 Å². The van der Waals surface area contributed by atoms with Gasteiger partial charge in [0.25, 0.3) is 0 Å². The molecule has 0 radical (unpaired) electrons. The van der Waals surface area contributed by atoms with Gasteiger partial charge < -0.3 is 9.64 Å². The predicted octanol–water partition coefficient (Wildman–Crippen LogP) is 5.05. The fourth-order valence-electron chi connectivity index (χ4n) is 3.42. The van der Waals surface area contributed by atoms with Gasteiger partial charge in [-0.3, -0.25) is 0 Å². The summed E-state index contributed by atoms with van der Waals surface area (Å²) in [4.78, 5) is 11.4. The average Bonchev–Trinajstić information content (AvgIpc) is 2.62. The molecule has 0 N–H and O–H groups in total. The van der Waals surface area contributed by atoms with E-state index < -0.39 is 0 Å². The van der Waals surface area contributed by atoms with Gasteiger partial charge in [0.05, 0.1) is 11.8 Å². The van der Waals surface area contributed by atoms with E-state index in [4.69, 9.17) is 4.74 Å². The quantitative estimate of drug-likeness (QED) is 0.660. The molecule has 3 rings (SSSR count). The minimum Gasteiger partial charge on any atom is -0.475 e. The Morgan fingerprint density at radius 2 is 1.81 bits per heavy atom. The summed E-state index contributed by atoms with van der Waals surface area (Å²) in [5.41, 5.74) is 1.62. The first-order valence-electron chi connectivity index (χ1n) is 9.61. The minimum atomic E-state index is -0.252. The molecule has 0 spiro atoms. The van der Waals surface area contributed by atoms with Crippen LogP contribution in [0.5, 0.6) is 5.88 Å². The zero-order chi connectivity index (χ0) is 18.4. The molecule has 1 aliphatic rings. The SMILES string of the molecule is Cc1nc(OC(C)CCCN2CCCCC2)cc(-c2ccc(F)cc2)n1.Cl. The Labute approximate surface area is 167 Å². The Balaban J connectivity index is 0.00000261. The summed E-state index contributed by atoms with van der Waals surface area (Å²) in [6.45, 7) is 7.56. The molecule has 1 fully saturated rings. The van der Waals surface area contributed by atoms with Crippen LogP contribution in [0.1, 0.15) is 44.9 Å². The molecule has 1 atom stereocenters. The molecule has 1 aromatic heterocycles. The van der Waals surface area contributed by atoms with Crippen LogP contribution in [-0.4, -0.2) is 40.6 Å². The first-order valence-corrected chi connectivity index (χ1v) is 9.61. The number of hydrogen-bond acceptors (Lipinski definition) is 4. The van der Waals surface area contributed by atoms with E-state index >= 15 is 0 Å². The molecule has 4 nitrogen and oxygen atoms in total. The van der Waals surface area contributed by atoms with Crippen molar-refractivity contribution in [2.24, 2.45) is 0 Å². The van der Waals surface area contributed by atoms with Crippen LogP contribution in [0.2, 0.25) is 0 Å². The van der Waals surface area contributed by atoms with Gasteiger partial charge in [0.1, 0.15) is 11.6 Å². The molecular formula is C21H29ClFN3O. The Bertz CT molecular complexity index is 705. The molecule has 6 heteroatoms. The Hall–Kier alpha value is -1.72. The standard InChI is InChI=1S/C21H28FN3O.ClH/c1-16(7-6-14-25-12-4-3-5-13-25)26-21-15-20(23-17(2)24-21)18-8-10-19(22)11-9-18;/h8-11,15-16H,3-7,12-14H2,1-2H3;1H. The van der Waals surface area contributed by atoms with Crippen molar-refractivity contribution in [3.8, 4) is 17.1 Å². The number of piperidine rings is 1. The summed E-state index contributed by atoms with van der Waals surface area (Å²) in [6.07, 6.45) is 6.29. The lowest BCUT2D eigenvalue weighted by Crippen LogP contribution is -2.31. The van der Waals surface area contributed by atoms with E-state index in [-0.39, 0.29) is 24.3 Å². The van der Waals surface area contributed by atoms with Crippen molar-refractivity contribution in [2.45, 2.75) is 52.1 Å². The molecule has 2 aromatic rings. The first-order chi connectivity index (χ1) is 12.6. The minimum absolute atomic E-state index is 0. The zero-order valence-corrected chi connectivity index (χ0v) is 17.0. The predicted molar refractivity (Wildman–Crippen MR) is 109 cm³/mol. The molecule has 27 heavy (non-hydrogen) atoms. The van der Waals surface area contributed by atoms with Gasteiger partial charge in [0, 0.05) is 11.6 Å². The van der Waals surface area contributed by atoms with Crippen molar-refractivity contribution in [3.63, 3.8) is 0 Å². The highest BCUT2D eigenvalue weighted by Gasteiger charge is 2.12. The summed E-state index contributed by atoms with van der Waals surface area (Å²) >= 11 is 0. The highest BCUT2D eigenvalue weighted by Crippen LogP contribution is 2.22. The number of hydrogen-bond donors (Lipinski definition) is 0. The molecule has 1 aromatic carbocycles. The lowest BCUT2D eigenvalue weighted by molar-refractivity contribution is 0.177. The van der Waals surface area contributed by atoms with E-state index in [2.05, 4.69) is 21.8 Å². The molecule has 0 amide bonds. The monoisotopic (exact) mass is 393 g/mol. The van der Waals surface area contributed by atoms with Crippen molar-refractivity contribution in [2.75, 3.05) is 19.6 Å². The number of nitrogens with zero attached hydrogens (tertiary/aromatic N) is 3. The highest BCUT2D eigenvalue weighted by atomic mass is 35.5. The molecule has 1 saturated heterocycles. The van der Waals surface area contributed by atoms with E-state index in [1.807, 2.05) is 13.0 Å². The summed E-state index contributed by atoms with van der Waals surface area (Å²) in [7, 11) is 0. The van der Waals surface area contributed by atoms with Gasteiger partial charge in [-0.05, 0) is 83.4 Å². The Morgan fingerprint density at radius 1 is 1.11 bits per heavy atom. The molecular weight excluding hydrogens is 365 g/mol. The van der Waals surface area contributed by atoms with E-state index in [0.29, 0.717) is 11.7 Å². The Kier molecular flexibility index (Phi) is 8.45. The second-order valence-corrected chi connectivity index (χ2v) is 7.12. The maximum atomic E-state index is 13.1. The van der Waals surface area contributed by atoms with Gasteiger partial charge in [-0.2, -0.15) is 4.98 Å². The number of halogens is 2. The second-order valence-electron chi connectivity index (χ2n) is 7.12. The molecule has 1 unspecified atom stereocenters. The number of ether oxygens (including phenoxy) is 1. The van der Waals surface area contributed by atoms with Gasteiger partial charge in [0.15, 0.2) is 0 Å². The van der Waals surface area contributed by atoms with Crippen molar-refractivity contribution in [1.82, 2.24) is 14.9 Å². The fraction of sp³-hybridized carbons (Fsp3) is 0.524. The van der Waals surface area contributed by atoms with E-state index in [0.717, 1.165) is 30.6 Å². The van der Waals surface area contributed by atoms with Crippen LogP contribution in [0.25, 0.3) is 11.3 Å². The van der Waals surface area contributed by atoms with Crippen molar-refractivity contribution in [3.05, 3.63) is 42.0 Å². The average molecular weight is 394 g/mol. The van der Waals surface area contributed by atoms with E-state index in [1.54, 1.807) is 12.1 Å². The molecule has 2 heterocycles. The molecule has 148 valence electrons. The summed E-state index contributed by atoms with van der Waals surface area (Å²) in [5, 5.41) is 0. The molecule has 1 aliphatic heterocycles. The molecule has 0 bridgehead atoms. The highest BCUT2D eigenvalue weighted by molar-refractivity contribution is 5.85. The summed E-state index contributed by atoms with van der Waals surface area (Å²) in [5.74, 6) is 0.989. The number of aromatic nitrogens is 2. The van der Waals surface area contributed by atoms with Crippen LogP contribution in [0.3, 0.4) is 0 Å². The van der Waals surface area contributed by atoms with Crippen LogP contribution < -0.4 is 4.74 Å². The number of aryl methyl sites for hydroxylation is 1. The van der Waals surface area contributed by atoms with E-state index in [9.17, 15) is 4.39 Å². The van der Waals surface area contributed by atoms with Crippen molar-refractivity contribution >= 4 is 12.4 Å². The van der Waals surface area contributed by atoms with Crippen LogP contribution in [0.15, 0.2) is 30.3 Å². The van der Waals surface area contributed by atoms with Crippen LogP contribution >= 0.6 is 12.4 Å². The molecule has 0 saturated carbocycles. The topological polar surface area (TPSA) is 38.2 Å². The smallest absolute Gasteiger partial charge is 0.217 e. The van der Waals surface area contributed by atoms with Crippen LogP contribution in [0.4, 0.5) is 4.39 Å². The van der Waals surface area contributed by atoms with Gasteiger partial charge in [0.2, 0.25) is 5.88 Å². The van der Waals surface area contributed by atoms with E-state index in [1.165, 1.54) is 44.5 Å². The third-order valence-electron chi connectivity index (χ3n) is 4.81. The molecule has 0 aliphatic carbocycles. The van der Waals surface area contributed by atoms with Gasteiger partial charge in [-0.25, -0.2) is 9.37 Å². The third-order valence-corrected chi connectivity index (χ3v) is 4.81. The van der Waals surface area contributed by atoms with Gasteiger partial charge >= 0.3 is 0 Å². The summed E-state index contributed by atoms with van der Waals surface area (Å²) < 4.78 is 19.2. The fourth-order valence-corrected chi connectivity index (χ4v) is 3.42. The largest absolute Gasteiger partial charge is 0.475 e. The summed E-state index contributed by atoms with van der Waals surface area (Å²) in [6, 6.07) is 8.17. The maximum absolute atomic E-state index is 13.1. The lowest BCUT2D eigenvalue weighted by Gasteiger charge is -2.26. The normalized spacial score (nSPS) is 15.8. The van der Waals surface area contributed by atoms with Gasteiger partial charge in [-0.15, -0.1) is 12.4 Å². The lowest BCUT2D eigenvalue weighted by atomic mass is 10.1. The first kappa shape index (κ1) is 21.6. The zero-order valence-electron chi connectivity index (χ0n) is 16.2. The van der Waals surface area contributed by atoms with Crippen LogP contribution in [-0.2, 0) is 0 Å². The number of benzene rings is 1. The second kappa shape index (κ2) is 10.6. The third kappa shape index (κ3) is 6.74.